The maximum Gasteiger partial charge on any atom is 0.313 e. The lowest BCUT2D eigenvalue weighted by atomic mass is 10.1. The molecule has 0 rings (SSSR count). The van der Waals surface area contributed by atoms with Crippen LogP contribution in [0.3, 0.4) is 0 Å². The Bertz CT molecular complexity index is 301. The normalized spacial score (nSPS) is 12.2. The summed E-state index contributed by atoms with van der Waals surface area (Å²) in [6.07, 6.45) is 22.4. The summed E-state index contributed by atoms with van der Waals surface area (Å²) in [6, 6.07) is 0. The van der Waals surface area contributed by atoms with Gasteiger partial charge in [0.05, 0.1) is 27.6 Å². The van der Waals surface area contributed by atoms with Gasteiger partial charge in [0.15, 0.2) is 0 Å². The molecule has 0 aliphatic carbocycles. The van der Waals surface area contributed by atoms with E-state index in [0.717, 1.165) is 12.8 Å². The van der Waals surface area contributed by atoms with Gasteiger partial charge in [-0.15, -0.1) is 0 Å². The molecule has 0 bridgehead atoms. The molecule has 1 amide bonds. The summed E-state index contributed by atoms with van der Waals surface area (Å²) in [7, 11) is 5.87. The first-order valence-electron chi connectivity index (χ1n) is 9.98. The van der Waals surface area contributed by atoms with E-state index < -0.39 is 0 Å². The van der Waals surface area contributed by atoms with Gasteiger partial charge in [0.1, 0.15) is 0 Å². The number of hydrogen-bond acceptors (Lipinski definition) is 1. The molecule has 0 heterocycles. The molecule has 0 spiro atoms. The van der Waals surface area contributed by atoms with Crippen LogP contribution in [0.15, 0.2) is 12.2 Å². The van der Waals surface area contributed by atoms with Gasteiger partial charge < -0.3 is 0 Å². The van der Waals surface area contributed by atoms with Crippen LogP contribution in [0.4, 0.5) is 0 Å². The van der Waals surface area contributed by atoms with Crippen LogP contribution in [-0.2, 0) is 4.79 Å². The third-order valence-corrected chi connectivity index (χ3v) is 4.40. The van der Waals surface area contributed by atoms with E-state index in [9.17, 15) is 4.79 Å². The summed E-state index contributed by atoms with van der Waals surface area (Å²) in [5.41, 5.74) is 0. The van der Waals surface area contributed by atoms with Crippen molar-refractivity contribution in [1.82, 2.24) is 0 Å². The predicted octanol–water partition coefficient (Wildman–Crippen LogP) is 6.26. The van der Waals surface area contributed by atoms with E-state index in [-0.39, 0.29) is 0 Å². The molecule has 136 valence electrons. The van der Waals surface area contributed by atoms with Gasteiger partial charge in [-0.25, -0.2) is 4.79 Å². The van der Waals surface area contributed by atoms with Crippen molar-refractivity contribution in [3.8, 4) is 0 Å². The van der Waals surface area contributed by atoms with E-state index in [1.807, 2.05) is 21.1 Å². The second-order valence-corrected chi connectivity index (χ2v) is 7.74. The van der Waals surface area contributed by atoms with Gasteiger partial charge in [0, 0.05) is 0 Å². The molecule has 2 heteroatoms. The smallest absolute Gasteiger partial charge is 0.268 e. The van der Waals surface area contributed by atoms with Crippen LogP contribution in [0, 0.1) is 0 Å². The first-order valence-corrected chi connectivity index (χ1v) is 9.98. The van der Waals surface area contributed by atoms with E-state index in [2.05, 4.69) is 19.1 Å². The number of carbonyl (C=O) groups excluding carboxylic acids is 1. The summed E-state index contributed by atoms with van der Waals surface area (Å²) in [5, 5.41) is 0. The van der Waals surface area contributed by atoms with Crippen molar-refractivity contribution in [3.05, 3.63) is 12.2 Å². The summed E-state index contributed by atoms with van der Waals surface area (Å²) in [5.74, 6) is 0.350. The van der Waals surface area contributed by atoms with E-state index >= 15 is 0 Å². The van der Waals surface area contributed by atoms with Crippen molar-refractivity contribution in [2.24, 2.45) is 0 Å². The number of rotatable bonds is 15. The zero-order chi connectivity index (χ0) is 17.4. The predicted molar refractivity (Wildman–Crippen MR) is 102 cm³/mol. The van der Waals surface area contributed by atoms with E-state index in [1.165, 1.54) is 77.0 Å². The Hall–Kier alpha value is -0.630. The number of unbranched alkanes of at least 4 members (excludes halogenated alkanes) is 11. The minimum Gasteiger partial charge on any atom is -0.268 e. The van der Waals surface area contributed by atoms with Crippen LogP contribution in [-0.4, -0.2) is 31.5 Å². The van der Waals surface area contributed by atoms with Crippen molar-refractivity contribution in [2.75, 3.05) is 21.1 Å². The molecular formula is C21H42NO+. The minimum atomic E-state index is 0.350. The Morgan fingerprint density at radius 2 is 1.13 bits per heavy atom. The molecule has 0 aromatic rings. The van der Waals surface area contributed by atoms with Crippen molar-refractivity contribution in [3.63, 3.8) is 0 Å². The largest absolute Gasteiger partial charge is 0.313 e. The highest BCUT2D eigenvalue weighted by Gasteiger charge is 2.18. The van der Waals surface area contributed by atoms with Crippen LogP contribution in [0.2, 0.25) is 0 Å². The standard InChI is InChI=1S/C21H42NO/c1-5-6-7-8-9-10-11-12-13-14-15-16-17-18-19-20-21(23)22(2,3)4/h12-13H,5-11,14-20H2,1-4H3/q+1. The molecule has 23 heavy (non-hydrogen) atoms. The van der Waals surface area contributed by atoms with Gasteiger partial charge in [-0.05, 0) is 32.1 Å². The van der Waals surface area contributed by atoms with Gasteiger partial charge in [-0.2, -0.15) is 0 Å². The molecule has 0 N–H and O–H groups in total. The molecule has 0 fully saturated rings. The van der Waals surface area contributed by atoms with E-state index in [4.69, 9.17) is 0 Å². The molecule has 0 unspecified atom stereocenters. The molecule has 0 atom stereocenters. The number of quaternary nitrogens is 1. The van der Waals surface area contributed by atoms with Crippen LogP contribution >= 0.6 is 0 Å². The highest BCUT2D eigenvalue weighted by atomic mass is 16.2. The minimum absolute atomic E-state index is 0.350. The first kappa shape index (κ1) is 22.4. The number of hydrogen-bond donors (Lipinski definition) is 0. The highest BCUT2D eigenvalue weighted by Crippen LogP contribution is 2.11. The topological polar surface area (TPSA) is 17.1 Å². The van der Waals surface area contributed by atoms with E-state index in [1.54, 1.807) is 0 Å². The SMILES string of the molecule is CCCCCCCCC=CCCCCCCCC(=O)[N+](C)(C)C. The van der Waals surface area contributed by atoms with Crippen LogP contribution in [0.1, 0.15) is 96.8 Å². The fraction of sp³-hybridized carbons (Fsp3) is 0.857. The molecule has 0 aromatic heterocycles. The molecule has 0 aliphatic rings. The number of amides is 1. The van der Waals surface area contributed by atoms with Gasteiger partial charge >= 0.3 is 5.91 Å². The second kappa shape index (κ2) is 14.9. The monoisotopic (exact) mass is 324 g/mol. The molecule has 0 saturated heterocycles. The highest BCUT2D eigenvalue weighted by molar-refractivity contribution is 5.68. The Labute approximate surface area is 145 Å². The van der Waals surface area contributed by atoms with Gasteiger partial charge in [-0.3, -0.25) is 4.48 Å². The van der Waals surface area contributed by atoms with Gasteiger partial charge in [0.2, 0.25) is 0 Å². The van der Waals surface area contributed by atoms with Gasteiger partial charge in [-0.1, -0.05) is 70.4 Å². The van der Waals surface area contributed by atoms with Crippen molar-refractivity contribution in [1.29, 1.82) is 0 Å². The Balaban J connectivity index is 3.24. The van der Waals surface area contributed by atoms with Crippen molar-refractivity contribution in [2.45, 2.75) is 96.8 Å². The molecular weight excluding hydrogens is 282 g/mol. The molecule has 0 aromatic carbocycles. The lowest BCUT2D eigenvalue weighted by Gasteiger charge is -2.20. The third-order valence-electron chi connectivity index (χ3n) is 4.40. The molecule has 0 saturated carbocycles. The molecule has 0 radical (unpaired) electrons. The zero-order valence-corrected chi connectivity index (χ0v) is 16.4. The van der Waals surface area contributed by atoms with Crippen LogP contribution < -0.4 is 0 Å². The van der Waals surface area contributed by atoms with E-state index in [0.29, 0.717) is 10.4 Å². The van der Waals surface area contributed by atoms with Crippen molar-refractivity contribution < 1.29 is 9.28 Å². The molecule has 2 nitrogen and oxygen atoms in total. The lowest BCUT2D eigenvalue weighted by molar-refractivity contribution is -0.792. The van der Waals surface area contributed by atoms with Crippen molar-refractivity contribution >= 4 is 5.91 Å². The Kier molecular flexibility index (Phi) is 14.5. The summed E-state index contributed by atoms with van der Waals surface area (Å²) in [4.78, 5) is 11.8. The number of nitrogens with zero attached hydrogens (tertiary/aromatic N) is 1. The summed E-state index contributed by atoms with van der Waals surface area (Å²) >= 11 is 0. The molecule has 0 aliphatic heterocycles. The van der Waals surface area contributed by atoms with Crippen LogP contribution in [0.25, 0.3) is 0 Å². The maximum atomic E-state index is 11.8. The average molecular weight is 325 g/mol. The number of carbonyl (C=O) groups is 1. The Morgan fingerprint density at radius 1 is 0.696 bits per heavy atom. The maximum absolute atomic E-state index is 11.8. The lowest BCUT2D eigenvalue weighted by Crippen LogP contribution is -2.40. The fourth-order valence-corrected chi connectivity index (χ4v) is 2.68. The zero-order valence-electron chi connectivity index (χ0n) is 16.4. The summed E-state index contributed by atoms with van der Waals surface area (Å²) in [6.45, 7) is 2.27. The van der Waals surface area contributed by atoms with Gasteiger partial charge in [0.25, 0.3) is 0 Å². The first-order chi connectivity index (χ1) is 11.0. The third kappa shape index (κ3) is 16.0. The fourth-order valence-electron chi connectivity index (χ4n) is 2.68. The average Bonchev–Trinajstić information content (AvgIpc) is 2.50. The number of allylic oxidation sites excluding steroid dienone is 2. The quantitative estimate of drug-likeness (QED) is 0.197. The van der Waals surface area contributed by atoms with Crippen LogP contribution in [0.5, 0.6) is 0 Å². The second-order valence-electron chi connectivity index (χ2n) is 7.74. The summed E-state index contributed by atoms with van der Waals surface area (Å²) < 4.78 is 0.462. The Morgan fingerprint density at radius 3 is 1.61 bits per heavy atom.